The van der Waals surface area contributed by atoms with E-state index in [0.29, 0.717) is 4.90 Å². The average Bonchev–Trinajstić information content (AvgIpc) is 2.84. The summed E-state index contributed by atoms with van der Waals surface area (Å²) in [5, 5.41) is 21.1. The van der Waals surface area contributed by atoms with Gasteiger partial charge in [0.2, 0.25) is 0 Å². The van der Waals surface area contributed by atoms with Crippen molar-refractivity contribution >= 4 is 17.4 Å². The van der Waals surface area contributed by atoms with Crippen molar-refractivity contribution in [3.8, 4) is 6.07 Å². The van der Waals surface area contributed by atoms with E-state index in [4.69, 9.17) is 0 Å². The monoisotopic (exact) mass is 422 g/mol. The molecule has 150 valence electrons. The van der Waals surface area contributed by atoms with Gasteiger partial charge in [-0.25, -0.2) is 0 Å². The van der Waals surface area contributed by atoms with E-state index in [1.807, 2.05) is 97.1 Å². The molecule has 0 aliphatic heterocycles. The van der Waals surface area contributed by atoms with Gasteiger partial charge in [0.1, 0.15) is 0 Å². The van der Waals surface area contributed by atoms with Crippen molar-refractivity contribution in [2.45, 2.75) is 9.64 Å². The lowest BCUT2D eigenvalue weighted by Gasteiger charge is -2.35. The van der Waals surface area contributed by atoms with Gasteiger partial charge in [-0.1, -0.05) is 103 Å². The number of nitrogens with zero attached hydrogens (tertiary/aromatic N) is 2. The molecule has 4 nitrogen and oxygen atoms in total. The highest BCUT2D eigenvalue weighted by Gasteiger charge is 2.39. The van der Waals surface area contributed by atoms with Gasteiger partial charge in [0.25, 0.3) is 5.69 Å². The third-order valence-corrected chi connectivity index (χ3v) is 6.67. The van der Waals surface area contributed by atoms with Crippen LogP contribution in [0.2, 0.25) is 0 Å². The zero-order valence-electron chi connectivity index (χ0n) is 16.5. The van der Waals surface area contributed by atoms with Crippen LogP contribution in [0.5, 0.6) is 0 Å². The molecule has 4 aromatic rings. The number of nitro groups is 1. The first-order valence-electron chi connectivity index (χ1n) is 9.69. The zero-order valence-corrected chi connectivity index (χ0v) is 17.3. The Morgan fingerprint density at radius 2 is 1.19 bits per heavy atom. The summed E-state index contributed by atoms with van der Waals surface area (Å²) in [5.41, 5.74) is 3.22. The Balaban J connectivity index is 2.03. The highest BCUT2D eigenvalue weighted by molar-refractivity contribution is 8.00. The number of rotatable bonds is 6. The Labute approximate surface area is 185 Å². The smallest absolute Gasteiger partial charge is 0.258 e. The second-order valence-corrected chi connectivity index (χ2v) is 8.19. The van der Waals surface area contributed by atoms with Crippen LogP contribution < -0.4 is 0 Å². The van der Waals surface area contributed by atoms with E-state index in [0.717, 1.165) is 16.7 Å². The maximum atomic E-state index is 11.9. The van der Waals surface area contributed by atoms with Crippen LogP contribution in [-0.4, -0.2) is 4.92 Å². The molecule has 31 heavy (non-hydrogen) atoms. The van der Waals surface area contributed by atoms with Gasteiger partial charge in [-0.2, -0.15) is 5.26 Å². The fourth-order valence-electron chi connectivity index (χ4n) is 3.68. The molecule has 0 atom stereocenters. The number of hydrogen-bond donors (Lipinski definition) is 0. The van der Waals surface area contributed by atoms with Gasteiger partial charge >= 0.3 is 0 Å². The van der Waals surface area contributed by atoms with Crippen LogP contribution in [0, 0.1) is 21.4 Å². The van der Waals surface area contributed by atoms with E-state index in [1.54, 1.807) is 12.1 Å². The fourth-order valence-corrected chi connectivity index (χ4v) is 5.14. The normalized spacial score (nSPS) is 10.9. The molecule has 0 spiro atoms. The van der Waals surface area contributed by atoms with Gasteiger partial charge < -0.3 is 0 Å². The first-order valence-corrected chi connectivity index (χ1v) is 10.5. The average molecular weight is 423 g/mol. The Morgan fingerprint density at radius 3 is 1.58 bits per heavy atom. The van der Waals surface area contributed by atoms with Gasteiger partial charge in [0.15, 0.2) is 0 Å². The van der Waals surface area contributed by atoms with Crippen molar-refractivity contribution in [1.82, 2.24) is 0 Å². The predicted molar refractivity (Wildman–Crippen MR) is 123 cm³/mol. The van der Waals surface area contributed by atoms with E-state index in [2.05, 4.69) is 0 Å². The van der Waals surface area contributed by atoms with E-state index in [-0.39, 0.29) is 11.3 Å². The van der Waals surface area contributed by atoms with E-state index < -0.39 is 9.67 Å². The maximum absolute atomic E-state index is 11.9. The van der Waals surface area contributed by atoms with Gasteiger partial charge in [-0.3, -0.25) is 10.1 Å². The first-order chi connectivity index (χ1) is 15.1. The standard InChI is InChI=1S/C26H18N2O2S/c27-19-20-16-17-25(24(18-20)28(29)30)31-26(21-10-4-1-5-11-21,22-12-6-2-7-13-22)23-14-8-3-9-15-23/h1-18H. The molecule has 0 aliphatic rings. The summed E-state index contributed by atoms with van der Waals surface area (Å²) in [7, 11) is 0. The summed E-state index contributed by atoms with van der Waals surface area (Å²) >= 11 is 1.42. The minimum atomic E-state index is -0.720. The number of nitriles is 1. The van der Waals surface area contributed by atoms with Gasteiger partial charge in [-0.05, 0) is 28.8 Å². The molecule has 0 aromatic heterocycles. The highest BCUT2D eigenvalue weighted by Crippen LogP contribution is 2.53. The SMILES string of the molecule is N#Cc1ccc(SC(c2ccccc2)(c2ccccc2)c2ccccc2)c([N+](=O)[O-])c1. The van der Waals surface area contributed by atoms with E-state index in [9.17, 15) is 15.4 Å². The summed E-state index contributed by atoms with van der Waals surface area (Å²) in [5.74, 6) is 0. The molecular formula is C26H18N2O2S. The van der Waals surface area contributed by atoms with Crippen LogP contribution in [0.3, 0.4) is 0 Å². The van der Waals surface area contributed by atoms with Crippen molar-refractivity contribution < 1.29 is 4.92 Å². The van der Waals surface area contributed by atoms with Crippen molar-refractivity contribution in [1.29, 1.82) is 5.26 Å². The van der Waals surface area contributed by atoms with Gasteiger partial charge in [0.05, 0.1) is 26.2 Å². The van der Waals surface area contributed by atoms with Crippen molar-refractivity contribution in [3.05, 3.63) is 142 Å². The summed E-state index contributed by atoms with van der Waals surface area (Å²) in [6.07, 6.45) is 0. The van der Waals surface area contributed by atoms with Gasteiger partial charge in [-0.15, -0.1) is 0 Å². The minimum Gasteiger partial charge on any atom is -0.258 e. The molecular weight excluding hydrogens is 404 g/mol. The lowest BCUT2D eigenvalue weighted by molar-refractivity contribution is -0.387. The predicted octanol–water partition coefficient (Wildman–Crippen LogP) is 6.55. The molecule has 0 unspecified atom stereocenters. The molecule has 0 bridgehead atoms. The molecule has 0 aliphatic carbocycles. The largest absolute Gasteiger partial charge is 0.284 e. The second-order valence-electron chi connectivity index (χ2n) is 6.93. The third kappa shape index (κ3) is 3.94. The van der Waals surface area contributed by atoms with Gasteiger partial charge in [0, 0.05) is 6.07 Å². The molecule has 5 heteroatoms. The van der Waals surface area contributed by atoms with E-state index >= 15 is 0 Å². The lowest BCUT2D eigenvalue weighted by atomic mass is 9.84. The summed E-state index contributed by atoms with van der Waals surface area (Å²) in [4.78, 5) is 11.9. The summed E-state index contributed by atoms with van der Waals surface area (Å²) in [6.45, 7) is 0. The Hall–Kier alpha value is -3.88. The summed E-state index contributed by atoms with van der Waals surface area (Å²) < 4.78 is -0.720. The first kappa shape index (κ1) is 20.4. The molecule has 0 saturated heterocycles. The zero-order chi connectivity index (χ0) is 21.7. The topological polar surface area (TPSA) is 66.9 Å². The summed E-state index contributed by atoms with van der Waals surface area (Å²) in [6, 6.07) is 36.6. The molecule has 4 rings (SSSR count). The molecule has 0 radical (unpaired) electrons. The Kier molecular flexibility index (Phi) is 5.83. The van der Waals surface area contributed by atoms with Crippen LogP contribution in [0.4, 0.5) is 5.69 Å². The van der Waals surface area contributed by atoms with Crippen LogP contribution >= 0.6 is 11.8 Å². The Bertz CT molecular complexity index is 1140. The van der Waals surface area contributed by atoms with Crippen LogP contribution in [0.1, 0.15) is 22.3 Å². The highest BCUT2D eigenvalue weighted by atomic mass is 32.2. The molecule has 0 amide bonds. The minimum absolute atomic E-state index is 0.0729. The van der Waals surface area contributed by atoms with Crippen molar-refractivity contribution in [2.24, 2.45) is 0 Å². The number of benzene rings is 4. The van der Waals surface area contributed by atoms with Crippen molar-refractivity contribution in [3.63, 3.8) is 0 Å². The molecule has 4 aromatic carbocycles. The molecule has 0 fully saturated rings. The van der Waals surface area contributed by atoms with Crippen LogP contribution in [0.15, 0.2) is 114 Å². The van der Waals surface area contributed by atoms with E-state index in [1.165, 1.54) is 17.8 Å². The lowest BCUT2D eigenvalue weighted by Crippen LogP contribution is -2.25. The molecule has 0 N–H and O–H groups in total. The quantitative estimate of drug-likeness (QED) is 0.153. The Morgan fingerprint density at radius 1 is 0.742 bits per heavy atom. The second kappa shape index (κ2) is 8.86. The number of thioether (sulfide) groups is 1. The van der Waals surface area contributed by atoms with Crippen molar-refractivity contribution in [2.75, 3.05) is 0 Å². The van der Waals surface area contributed by atoms with Crippen LogP contribution in [0.25, 0.3) is 0 Å². The number of nitro benzene ring substituents is 1. The van der Waals surface area contributed by atoms with Crippen LogP contribution in [-0.2, 0) is 4.75 Å². The fraction of sp³-hybridized carbons (Fsp3) is 0.0385. The number of hydrogen-bond acceptors (Lipinski definition) is 4. The molecule has 0 heterocycles. The third-order valence-electron chi connectivity index (χ3n) is 5.09. The molecule has 0 saturated carbocycles. The maximum Gasteiger partial charge on any atom is 0.284 e.